The zero-order valence-electron chi connectivity index (χ0n) is 19.0. The Labute approximate surface area is 213 Å². The molecule has 0 radical (unpaired) electrons. The first kappa shape index (κ1) is 26.9. The Morgan fingerprint density at radius 1 is 1.03 bits per heavy atom. The maximum absolute atomic E-state index is 13.1. The monoisotopic (exact) mass is 542 g/mol. The topological polar surface area (TPSA) is 119 Å². The number of ether oxygens (including phenoxy) is 2. The number of rotatable bonds is 7. The largest absolute Gasteiger partial charge is 0.465 e. The van der Waals surface area contributed by atoms with Crippen LogP contribution in [0, 0.1) is 5.92 Å². The van der Waals surface area contributed by atoms with E-state index >= 15 is 0 Å². The smallest absolute Gasteiger partial charge is 0.339 e. The molecular weight excluding hydrogens is 519 g/mol. The standard InChI is InChI=1S/C23H24Cl2N2O7S/c1-33-22(29)15-6-7-17(23(30)34-2)20(11-15)26-21(28)16-4-3-9-27(12-16)35(31,32)13-14-5-8-18(24)19(25)10-14/h5-8,10-11,16H,3-4,9,12-13H2,1-2H3,(H,26,28)/t16-/m0/s1. The summed E-state index contributed by atoms with van der Waals surface area (Å²) in [6, 6.07) is 8.66. The Kier molecular flexibility index (Phi) is 8.76. The molecule has 0 aromatic heterocycles. The summed E-state index contributed by atoms with van der Waals surface area (Å²) in [5.41, 5.74) is 0.729. The maximum Gasteiger partial charge on any atom is 0.339 e. The minimum Gasteiger partial charge on any atom is -0.465 e. The summed E-state index contributed by atoms with van der Waals surface area (Å²) >= 11 is 11.9. The van der Waals surface area contributed by atoms with Crippen molar-refractivity contribution in [2.24, 2.45) is 5.92 Å². The molecule has 3 rings (SSSR count). The lowest BCUT2D eigenvalue weighted by Gasteiger charge is -2.31. The van der Waals surface area contributed by atoms with E-state index in [-0.39, 0.29) is 40.7 Å². The summed E-state index contributed by atoms with van der Waals surface area (Å²) in [6.45, 7) is 0.248. The number of piperidine rings is 1. The van der Waals surface area contributed by atoms with Crippen LogP contribution in [0.3, 0.4) is 0 Å². The van der Waals surface area contributed by atoms with E-state index in [4.69, 9.17) is 32.7 Å². The molecule has 188 valence electrons. The summed E-state index contributed by atoms with van der Waals surface area (Å²) in [4.78, 5) is 37.1. The summed E-state index contributed by atoms with van der Waals surface area (Å²) in [6.07, 6.45) is 0.930. The van der Waals surface area contributed by atoms with E-state index in [2.05, 4.69) is 5.32 Å². The van der Waals surface area contributed by atoms with Crippen molar-refractivity contribution >= 4 is 56.8 Å². The van der Waals surface area contributed by atoms with Crippen LogP contribution in [0.15, 0.2) is 36.4 Å². The first-order chi connectivity index (χ1) is 16.6. The van der Waals surface area contributed by atoms with Crippen molar-refractivity contribution < 1.29 is 32.3 Å². The van der Waals surface area contributed by atoms with Gasteiger partial charge in [0.15, 0.2) is 0 Å². The normalized spacial score (nSPS) is 16.4. The molecule has 1 heterocycles. The highest BCUT2D eigenvalue weighted by atomic mass is 35.5. The number of esters is 2. The number of amides is 1. The number of carbonyl (C=O) groups excluding carboxylic acids is 3. The Bertz CT molecular complexity index is 1250. The van der Waals surface area contributed by atoms with E-state index in [0.717, 1.165) is 0 Å². The maximum atomic E-state index is 13.1. The molecule has 0 aliphatic carbocycles. The van der Waals surface area contributed by atoms with Gasteiger partial charge >= 0.3 is 11.9 Å². The Morgan fingerprint density at radius 3 is 2.40 bits per heavy atom. The molecule has 9 nitrogen and oxygen atoms in total. The van der Waals surface area contributed by atoms with Crippen molar-refractivity contribution in [2.45, 2.75) is 18.6 Å². The van der Waals surface area contributed by atoms with Gasteiger partial charge in [0.05, 0.1) is 52.7 Å². The van der Waals surface area contributed by atoms with Crippen LogP contribution in [0.25, 0.3) is 0 Å². The SMILES string of the molecule is COC(=O)c1ccc(C(=O)OC)c(NC(=O)[C@H]2CCCN(S(=O)(=O)Cc3ccc(Cl)c(Cl)c3)C2)c1. The van der Waals surface area contributed by atoms with E-state index < -0.39 is 33.8 Å². The number of carbonyl (C=O) groups is 3. The summed E-state index contributed by atoms with van der Waals surface area (Å²) in [5, 5.41) is 3.23. The Morgan fingerprint density at radius 2 is 1.74 bits per heavy atom. The zero-order valence-corrected chi connectivity index (χ0v) is 21.4. The van der Waals surface area contributed by atoms with Gasteiger partial charge in [-0.1, -0.05) is 29.3 Å². The lowest BCUT2D eigenvalue weighted by atomic mass is 9.98. The van der Waals surface area contributed by atoms with Crippen molar-refractivity contribution in [3.8, 4) is 0 Å². The molecule has 1 amide bonds. The highest BCUT2D eigenvalue weighted by Gasteiger charge is 2.33. The highest BCUT2D eigenvalue weighted by molar-refractivity contribution is 7.88. The van der Waals surface area contributed by atoms with Gasteiger partial charge in [0.25, 0.3) is 0 Å². The van der Waals surface area contributed by atoms with Gasteiger partial charge in [-0.25, -0.2) is 22.3 Å². The number of methoxy groups -OCH3 is 2. The lowest BCUT2D eigenvalue weighted by molar-refractivity contribution is -0.120. The number of benzene rings is 2. The van der Waals surface area contributed by atoms with Gasteiger partial charge in [-0.2, -0.15) is 0 Å². The summed E-state index contributed by atoms with van der Waals surface area (Å²) < 4.78 is 36.8. The third kappa shape index (κ3) is 6.52. The predicted octanol–water partition coefficient (Wildman–Crippen LogP) is 3.75. The van der Waals surface area contributed by atoms with E-state index in [9.17, 15) is 22.8 Å². The zero-order chi connectivity index (χ0) is 25.8. The number of hydrogen-bond acceptors (Lipinski definition) is 7. The number of hydrogen-bond donors (Lipinski definition) is 1. The molecule has 0 bridgehead atoms. The average molecular weight is 543 g/mol. The lowest BCUT2D eigenvalue weighted by Crippen LogP contribution is -2.44. The first-order valence-electron chi connectivity index (χ1n) is 10.6. The molecular formula is C23H24Cl2N2O7S. The molecule has 1 saturated heterocycles. The van der Waals surface area contributed by atoms with Crippen LogP contribution in [0.5, 0.6) is 0 Å². The molecule has 1 aliphatic rings. The van der Waals surface area contributed by atoms with Gasteiger partial charge in [-0.3, -0.25) is 4.79 Å². The van der Waals surface area contributed by atoms with Crippen LogP contribution in [0.2, 0.25) is 10.0 Å². The molecule has 35 heavy (non-hydrogen) atoms. The molecule has 2 aromatic carbocycles. The minimum atomic E-state index is -3.74. The second-order valence-corrected chi connectivity index (χ2v) is 10.7. The van der Waals surface area contributed by atoms with Crippen LogP contribution in [-0.4, -0.2) is 57.9 Å². The quantitative estimate of drug-likeness (QED) is 0.529. The second-order valence-electron chi connectivity index (χ2n) is 7.93. The van der Waals surface area contributed by atoms with E-state index in [1.54, 1.807) is 6.07 Å². The molecule has 0 saturated carbocycles. The fraction of sp³-hybridized carbons (Fsp3) is 0.348. The van der Waals surface area contributed by atoms with Gasteiger partial charge in [0, 0.05) is 13.1 Å². The number of anilines is 1. The van der Waals surface area contributed by atoms with Crippen LogP contribution in [-0.2, 0) is 30.0 Å². The van der Waals surface area contributed by atoms with E-state index in [1.165, 1.54) is 48.9 Å². The van der Waals surface area contributed by atoms with Crippen molar-refractivity contribution in [3.63, 3.8) is 0 Å². The van der Waals surface area contributed by atoms with E-state index in [1.807, 2.05) is 0 Å². The number of nitrogens with zero attached hydrogens (tertiary/aromatic N) is 1. The van der Waals surface area contributed by atoms with Gasteiger partial charge in [-0.05, 0) is 48.7 Å². The first-order valence-corrected chi connectivity index (χ1v) is 13.0. The highest BCUT2D eigenvalue weighted by Crippen LogP contribution is 2.27. The summed E-state index contributed by atoms with van der Waals surface area (Å²) in [5.74, 6) is -2.78. The number of halogens is 2. The third-order valence-corrected chi connectivity index (χ3v) is 8.14. The Balaban J connectivity index is 1.77. The molecule has 1 aliphatic heterocycles. The van der Waals surface area contributed by atoms with Gasteiger partial charge in [0.1, 0.15) is 0 Å². The summed E-state index contributed by atoms with van der Waals surface area (Å²) in [7, 11) is -1.33. The van der Waals surface area contributed by atoms with Crippen LogP contribution >= 0.6 is 23.2 Å². The van der Waals surface area contributed by atoms with E-state index in [0.29, 0.717) is 23.4 Å². The third-order valence-electron chi connectivity index (χ3n) is 5.59. The molecule has 1 N–H and O–H groups in total. The van der Waals surface area contributed by atoms with Crippen LogP contribution in [0.4, 0.5) is 5.69 Å². The Hall–Kier alpha value is -2.66. The van der Waals surface area contributed by atoms with Crippen molar-refractivity contribution in [3.05, 3.63) is 63.1 Å². The molecule has 2 aromatic rings. The molecule has 1 atom stereocenters. The number of nitrogens with one attached hydrogen (secondary N) is 1. The predicted molar refractivity (Wildman–Crippen MR) is 131 cm³/mol. The minimum absolute atomic E-state index is 0.0280. The van der Waals surface area contributed by atoms with Crippen molar-refractivity contribution in [1.82, 2.24) is 4.31 Å². The van der Waals surface area contributed by atoms with Crippen LogP contribution in [0.1, 0.15) is 39.1 Å². The van der Waals surface area contributed by atoms with Crippen molar-refractivity contribution in [2.75, 3.05) is 32.6 Å². The fourth-order valence-electron chi connectivity index (χ4n) is 3.76. The molecule has 0 unspecified atom stereocenters. The van der Waals surface area contributed by atoms with Gasteiger partial charge in [0.2, 0.25) is 15.9 Å². The molecule has 0 spiro atoms. The molecule has 12 heteroatoms. The fourth-order valence-corrected chi connectivity index (χ4v) is 5.67. The van der Waals surface area contributed by atoms with Crippen molar-refractivity contribution in [1.29, 1.82) is 0 Å². The van der Waals surface area contributed by atoms with Gasteiger partial charge < -0.3 is 14.8 Å². The second kappa shape index (κ2) is 11.4. The molecule has 1 fully saturated rings. The van der Waals surface area contributed by atoms with Gasteiger partial charge in [-0.15, -0.1) is 0 Å². The average Bonchev–Trinajstić information content (AvgIpc) is 2.85. The van der Waals surface area contributed by atoms with Crippen LogP contribution < -0.4 is 5.32 Å². The number of sulfonamides is 1.